The molecule has 2 unspecified atom stereocenters. The molecule has 0 amide bonds. The summed E-state index contributed by atoms with van der Waals surface area (Å²) >= 11 is 0. The van der Waals surface area contributed by atoms with Crippen molar-refractivity contribution in [1.82, 2.24) is 0 Å². The Hall–Kier alpha value is -3.04. The van der Waals surface area contributed by atoms with E-state index in [4.69, 9.17) is 0 Å². The molecule has 2 bridgehead atoms. The molecule has 2 aliphatic rings. The van der Waals surface area contributed by atoms with E-state index >= 15 is 0 Å². The molecule has 2 heterocycles. The number of anilines is 3. The Kier molecular flexibility index (Phi) is 4.32. The highest BCUT2D eigenvalue weighted by atomic mass is 32.2. The Morgan fingerprint density at radius 2 is 0.968 bits per heavy atom. The van der Waals surface area contributed by atoms with E-state index in [1.807, 2.05) is 35.2 Å². The average molecular weight is 456 g/mol. The summed E-state index contributed by atoms with van der Waals surface area (Å²) in [6.45, 7) is 0. The molecule has 0 aliphatic carbocycles. The number of hydrogen-bond donors (Lipinski definition) is 0. The fraction of sp³-hybridized carbons (Fsp3) is 0.182. The Bertz CT molecular complexity index is 1290. The monoisotopic (exact) mass is 455 g/mol. The molecule has 0 N–H and O–H groups in total. The maximum atomic E-state index is 13.1. The second kappa shape index (κ2) is 6.73. The van der Waals surface area contributed by atoms with Crippen molar-refractivity contribution in [3.05, 3.63) is 90.0 Å². The number of rotatable bonds is 3. The molecule has 3 aromatic carbocycles. The number of para-hydroxylation sites is 3. The first-order valence-corrected chi connectivity index (χ1v) is 13.4. The lowest BCUT2D eigenvalue weighted by atomic mass is 9.95. The van der Waals surface area contributed by atoms with E-state index in [1.165, 1.54) is 21.1 Å². The maximum absolute atomic E-state index is 13.1. The molecule has 9 heteroatoms. The average Bonchev–Trinajstić information content (AvgIpc) is 2.72. The van der Waals surface area contributed by atoms with Gasteiger partial charge in [0.05, 0.1) is 23.9 Å². The third kappa shape index (κ3) is 2.99. The van der Waals surface area contributed by atoms with E-state index in [-0.39, 0.29) is 0 Å². The minimum Gasteiger partial charge on any atom is -0.320 e. The normalized spacial score (nSPS) is 20.3. The molecular weight excluding hydrogens is 434 g/mol. The first-order valence-electron chi connectivity index (χ1n) is 9.69. The molecule has 0 spiro atoms. The van der Waals surface area contributed by atoms with Crippen LogP contribution in [0.4, 0.5) is 17.1 Å². The quantitative estimate of drug-likeness (QED) is 0.605. The Balaban J connectivity index is 1.94. The van der Waals surface area contributed by atoms with Crippen molar-refractivity contribution >= 4 is 37.1 Å². The first kappa shape index (κ1) is 19.9. The van der Waals surface area contributed by atoms with Gasteiger partial charge in [-0.3, -0.25) is 0 Å². The first-order chi connectivity index (χ1) is 14.7. The molecular formula is C22H21N3O4S2. The molecule has 2 aliphatic heterocycles. The SMILES string of the molecule is CS(=O)(=O)N1c2ccccc2C2N(c3ccccc3)C1c1ccccc1N2S(C)(=O)=O. The number of hydrogen-bond acceptors (Lipinski definition) is 5. The van der Waals surface area contributed by atoms with Crippen molar-refractivity contribution in [3.8, 4) is 0 Å². The summed E-state index contributed by atoms with van der Waals surface area (Å²) in [5.74, 6) is 0. The van der Waals surface area contributed by atoms with Gasteiger partial charge in [0.15, 0.2) is 0 Å². The van der Waals surface area contributed by atoms with Crippen molar-refractivity contribution in [1.29, 1.82) is 0 Å². The van der Waals surface area contributed by atoms with E-state index in [1.54, 1.807) is 48.5 Å². The fourth-order valence-corrected chi connectivity index (χ4v) is 6.79. The molecule has 0 aromatic heterocycles. The van der Waals surface area contributed by atoms with Gasteiger partial charge in [-0.1, -0.05) is 54.6 Å². The highest BCUT2D eigenvalue weighted by Gasteiger charge is 2.52. The zero-order chi connectivity index (χ0) is 22.0. The van der Waals surface area contributed by atoms with E-state index in [0.29, 0.717) is 22.5 Å². The standard InChI is InChI=1S/C22H21N3O4S2/c1-30(26,27)24-19-14-8-6-12-17(19)22-23(16-10-4-3-5-11-16)21(24)18-13-7-9-15-20(18)25(22)31(2,28)29/h3-15,21-22H,1-2H3. The molecule has 160 valence electrons. The van der Waals surface area contributed by atoms with Crippen molar-refractivity contribution in [2.75, 3.05) is 26.0 Å². The van der Waals surface area contributed by atoms with Crippen LogP contribution in [-0.4, -0.2) is 29.3 Å². The fourth-order valence-electron chi connectivity index (χ4n) is 4.59. The van der Waals surface area contributed by atoms with Gasteiger partial charge in [0.2, 0.25) is 20.0 Å². The molecule has 3 aromatic rings. The molecule has 2 atom stereocenters. The summed E-state index contributed by atoms with van der Waals surface area (Å²) in [7, 11) is -7.41. The maximum Gasteiger partial charge on any atom is 0.234 e. The third-order valence-electron chi connectivity index (χ3n) is 5.64. The summed E-state index contributed by atoms with van der Waals surface area (Å²) in [6.07, 6.45) is 0.899. The Morgan fingerprint density at radius 1 is 0.581 bits per heavy atom. The van der Waals surface area contributed by atoms with Crippen LogP contribution in [0.25, 0.3) is 0 Å². The molecule has 0 radical (unpaired) electrons. The molecule has 0 fully saturated rings. The topological polar surface area (TPSA) is 78.0 Å². The summed E-state index contributed by atoms with van der Waals surface area (Å²) in [6, 6.07) is 23.5. The van der Waals surface area contributed by atoms with E-state index in [0.717, 1.165) is 5.69 Å². The highest BCUT2D eigenvalue weighted by molar-refractivity contribution is 7.92. The molecule has 5 rings (SSSR count). The summed E-state index contributed by atoms with van der Waals surface area (Å²) in [5, 5.41) is 0. The Morgan fingerprint density at radius 3 is 1.39 bits per heavy atom. The van der Waals surface area contributed by atoms with Crippen LogP contribution in [-0.2, 0) is 20.0 Å². The summed E-state index contributed by atoms with van der Waals surface area (Å²) in [5.41, 5.74) is 2.90. The molecule has 0 saturated carbocycles. The second-order valence-corrected chi connectivity index (χ2v) is 11.4. The Labute approximate surface area is 182 Å². The zero-order valence-electron chi connectivity index (χ0n) is 17.0. The van der Waals surface area contributed by atoms with Crippen LogP contribution in [0.1, 0.15) is 23.5 Å². The van der Waals surface area contributed by atoms with Gasteiger partial charge in [-0.25, -0.2) is 25.4 Å². The molecule has 0 saturated heterocycles. The summed E-state index contributed by atoms with van der Waals surface area (Å²) in [4.78, 5) is 1.87. The van der Waals surface area contributed by atoms with E-state index in [9.17, 15) is 16.8 Å². The highest BCUT2D eigenvalue weighted by Crippen LogP contribution is 2.56. The van der Waals surface area contributed by atoms with Gasteiger partial charge in [-0.2, -0.15) is 0 Å². The molecule has 7 nitrogen and oxygen atoms in total. The van der Waals surface area contributed by atoms with Crippen LogP contribution in [0.15, 0.2) is 78.9 Å². The van der Waals surface area contributed by atoms with Gasteiger partial charge in [0.1, 0.15) is 12.3 Å². The number of nitrogens with zero attached hydrogens (tertiary/aromatic N) is 3. The third-order valence-corrected chi connectivity index (χ3v) is 7.87. The number of fused-ring (bicyclic) bond motifs is 6. The van der Waals surface area contributed by atoms with E-state index < -0.39 is 32.4 Å². The van der Waals surface area contributed by atoms with Gasteiger partial charge >= 0.3 is 0 Å². The zero-order valence-corrected chi connectivity index (χ0v) is 18.6. The number of benzene rings is 3. The van der Waals surface area contributed by atoms with E-state index in [2.05, 4.69) is 0 Å². The summed E-state index contributed by atoms with van der Waals surface area (Å²) < 4.78 is 55.1. The van der Waals surface area contributed by atoms with Gasteiger partial charge in [0, 0.05) is 16.8 Å². The van der Waals surface area contributed by atoms with Crippen molar-refractivity contribution in [2.24, 2.45) is 0 Å². The second-order valence-electron chi connectivity index (χ2n) is 7.73. The minimum absolute atomic E-state index is 0.482. The van der Waals surface area contributed by atoms with Crippen LogP contribution in [0.3, 0.4) is 0 Å². The lowest BCUT2D eigenvalue weighted by Crippen LogP contribution is -2.59. The van der Waals surface area contributed by atoms with Gasteiger partial charge in [0.25, 0.3) is 0 Å². The van der Waals surface area contributed by atoms with Crippen LogP contribution in [0.2, 0.25) is 0 Å². The predicted molar refractivity (Wildman–Crippen MR) is 122 cm³/mol. The van der Waals surface area contributed by atoms with Crippen LogP contribution in [0, 0.1) is 0 Å². The van der Waals surface area contributed by atoms with Gasteiger partial charge in [-0.05, 0) is 24.3 Å². The minimum atomic E-state index is -3.70. The largest absolute Gasteiger partial charge is 0.320 e. The smallest absolute Gasteiger partial charge is 0.234 e. The van der Waals surface area contributed by atoms with Crippen LogP contribution < -0.4 is 13.5 Å². The van der Waals surface area contributed by atoms with Crippen molar-refractivity contribution < 1.29 is 16.8 Å². The van der Waals surface area contributed by atoms with Crippen molar-refractivity contribution in [3.63, 3.8) is 0 Å². The van der Waals surface area contributed by atoms with Gasteiger partial charge < -0.3 is 4.90 Å². The van der Waals surface area contributed by atoms with Crippen molar-refractivity contribution in [2.45, 2.75) is 12.3 Å². The molecule has 31 heavy (non-hydrogen) atoms. The predicted octanol–water partition coefficient (Wildman–Crippen LogP) is 3.45. The lowest BCUT2D eigenvalue weighted by molar-refractivity contribution is 0.485. The van der Waals surface area contributed by atoms with Crippen LogP contribution >= 0.6 is 0 Å². The lowest BCUT2D eigenvalue weighted by Gasteiger charge is -2.56. The van der Waals surface area contributed by atoms with Gasteiger partial charge in [-0.15, -0.1) is 0 Å². The van der Waals surface area contributed by atoms with Crippen LogP contribution in [0.5, 0.6) is 0 Å². The number of sulfonamides is 2.